The fraction of sp³-hybridized carbons (Fsp3) is 0.286. The number of carbonyl (C=O) groups is 1. The topological polar surface area (TPSA) is 39.2 Å². The van der Waals surface area contributed by atoms with E-state index in [0.29, 0.717) is 23.2 Å². The summed E-state index contributed by atoms with van der Waals surface area (Å²) in [6.07, 6.45) is 2.29. The molecular weight excluding hydrogens is 265 g/mol. The molecule has 3 rings (SSSR count). The highest BCUT2D eigenvalue weighted by Gasteiger charge is 2.24. The Hall–Kier alpha value is -1.75. The van der Waals surface area contributed by atoms with Crippen LogP contribution >= 0.6 is 11.3 Å². The average molecular weight is 277 g/mol. The summed E-state index contributed by atoms with van der Waals surface area (Å²) in [7, 11) is 0. The van der Waals surface area contributed by atoms with Crippen LogP contribution in [0.3, 0.4) is 0 Å². The lowest BCUT2D eigenvalue weighted by Gasteiger charge is -2.00. The van der Waals surface area contributed by atoms with Gasteiger partial charge in [-0.25, -0.2) is 14.2 Å². The van der Waals surface area contributed by atoms with E-state index in [0.717, 1.165) is 18.4 Å². The van der Waals surface area contributed by atoms with E-state index < -0.39 is 0 Å². The number of nitrogens with zero attached hydrogens (tertiary/aromatic N) is 1. The van der Waals surface area contributed by atoms with Gasteiger partial charge in [0, 0.05) is 10.9 Å². The van der Waals surface area contributed by atoms with Crippen LogP contribution < -0.4 is 0 Å². The Balaban J connectivity index is 1.71. The van der Waals surface area contributed by atoms with Gasteiger partial charge in [0.1, 0.15) is 10.8 Å². The third kappa shape index (κ3) is 2.98. The van der Waals surface area contributed by atoms with E-state index in [1.165, 1.54) is 23.5 Å². The molecule has 1 aromatic heterocycles. The molecule has 2 aromatic rings. The molecule has 5 heteroatoms. The van der Waals surface area contributed by atoms with E-state index in [-0.39, 0.29) is 11.8 Å². The highest BCUT2D eigenvalue weighted by molar-refractivity contribution is 7.13. The molecule has 1 aliphatic rings. The number of thiazole rings is 1. The Morgan fingerprint density at radius 2 is 2.11 bits per heavy atom. The number of halogens is 1. The van der Waals surface area contributed by atoms with Crippen molar-refractivity contribution in [1.82, 2.24) is 4.98 Å². The van der Waals surface area contributed by atoms with Crippen molar-refractivity contribution in [2.45, 2.75) is 12.8 Å². The van der Waals surface area contributed by atoms with Gasteiger partial charge < -0.3 is 4.74 Å². The van der Waals surface area contributed by atoms with Crippen LogP contribution in [-0.4, -0.2) is 17.6 Å². The minimum absolute atomic E-state index is 0.288. The lowest BCUT2D eigenvalue weighted by atomic mass is 10.2. The second-order valence-corrected chi connectivity index (χ2v) is 5.44. The van der Waals surface area contributed by atoms with Crippen LogP contribution in [0.4, 0.5) is 4.39 Å². The lowest BCUT2D eigenvalue weighted by molar-refractivity contribution is 0.0480. The van der Waals surface area contributed by atoms with Gasteiger partial charge in [-0.3, -0.25) is 0 Å². The molecule has 1 fully saturated rings. The summed E-state index contributed by atoms with van der Waals surface area (Å²) in [5, 5.41) is 2.37. The zero-order valence-corrected chi connectivity index (χ0v) is 11.0. The molecule has 0 spiro atoms. The Bertz CT molecular complexity index is 590. The summed E-state index contributed by atoms with van der Waals surface area (Å²) in [6.45, 7) is 0.488. The molecule has 0 aliphatic heterocycles. The number of esters is 1. The first-order valence-electron chi connectivity index (χ1n) is 6.11. The highest BCUT2D eigenvalue weighted by atomic mass is 32.1. The Morgan fingerprint density at radius 1 is 1.37 bits per heavy atom. The van der Waals surface area contributed by atoms with Gasteiger partial charge in [-0.2, -0.15) is 0 Å². The maximum Gasteiger partial charge on any atom is 0.357 e. The smallest absolute Gasteiger partial charge is 0.357 e. The Morgan fingerprint density at radius 3 is 2.79 bits per heavy atom. The van der Waals surface area contributed by atoms with Gasteiger partial charge in [0.25, 0.3) is 0 Å². The van der Waals surface area contributed by atoms with Crippen molar-refractivity contribution in [2.24, 2.45) is 5.92 Å². The van der Waals surface area contributed by atoms with Crippen LogP contribution in [0.2, 0.25) is 0 Å². The van der Waals surface area contributed by atoms with E-state index in [4.69, 9.17) is 4.74 Å². The van der Waals surface area contributed by atoms with Crippen LogP contribution in [0.25, 0.3) is 10.6 Å². The average Bonchev–Trinajstić information content (AvgIpc) is 3.12. The summed E-state index contributed by atoms with van der Waals surface area (Å²) < 4.78 is 18.0. The number of aromatic nitrogens is 1. The minimum atomic E-state index is -0.378. The van der Waals surface area contributed by atoms with Gasteiger partial charge >= 0.3 is 5.97 Å². The number of rotatable bonds is 4. The maximum atomic E-state index is 12.8. The monoisotopic (exact) mass is 277 g/mol. The third-order valence-electron chi connectivity index (χ3n) is 2.95. The largest absolute Gasteiger partial charge is 0.461 e. The molecule has 0 radical (unpaired) electrons. The van der Waals surface area contributed by atoms with Crippen molar-refractivity contribution in [1.29, 1.82) is 0 Å². The van der Waals surface area contributed by atoms with Crippen molar-refractivity contribution >= 4 is 17.3 Å². The second kappa shape index (κ2) is 5.09. The fourth-order valence-corrected chi connectivity index (χ4v) is 2.44. The predicted octanol–water partition coefficient (Wildman–Crippen LogP) is 3.52. The lowest BCUT2D eigenvalue weighted by Crippen LogP contribution is -2.07. The van der Waals surface area contributed by atoms with Gasteiger partial charge in [0.2, 0.25) is 0 Å². The molecule has 0 N–H and O–H groups in total. The molecular formula is C14H12FNO2S. The van der Waals surface area contributed by atoms with E-state index in [1.807, 2.05) is 0 Å². The quantitative estimate of drug-likeness (QED) is 0.803. The van der Waals surface area contributed by atoms with E-state index in [9.17, 15) is 9.18 Å². The number of carbonyl (C=O) groups excluding carboxylic acids is 1. The van der Waals surface area contributed by atoms with Crippen molar-refractivity contribution in [3.8, 4) is 10.6 Å². The van der Waals surface area contributed by atoms with Crippen molar-refractivity contribution in [3.05, 3.63) is 41.2 Å². The summed E-state index contributed by atoms with van der Waals surface area (Å²) in [4.78, 5) is 16.0. The van der Waals surface area contributed by atoms with Crippen LogP contribution in [0.15, 0.2) is 29.6 Å². The maximum absolute atomic E-state index is 12.8. The molecule has 98 valence electrons. The summed E-state index contributed by atoms with van der Waals surface area (Å²) in [5.41, 5.74) is 1.12. The first kappa shape index (κ1) is 12.3. The molecule has 0 bridgehead atoms. The van der Waals surface area contributed by atoms with Gasteiger partial charge in [-0.1, -0.05) is 0 Å². The second-order valence-electron chi connectivity index (χ2n) is 4.59. The molecule has 0 atom stereocenters. The third-order valence-corrected chi connectivity index (χ3v) is 3.84. The van der Waals surface area contributed by atoms with Crippen molar-refractivity contribution in [2.75, 3.05) is 6.61 Å². The standard InChI is InChI=1S/C14H12FNO2S/c15-11-5-3-10(4-6-11)13-16-12(8-19-13)14(17)18-7-9-1-2-9/h3-6,8-9H,1-2,7H2. The van der Waals surface area contributed by atoms with Crippen molar-refractivity contribution < 1.29 is 13.9 Å². The first-order valence-corrected chi connectivity index (χ1v) is 6.99. The number of hydrogen-bond acceptors (Lipinski definition) is 4. The molecule has 1 heterocycles. The Kier molecular flexibility index (Phi) is 3.29. The molecule has 0 amide bonds. The minimum Gasteiger partial charge on any atom is -0.461 e. The molecule has 19 heavy (non-hydrogen) atoms. The van der Waals surface area contributed by atoms with Crippen molar-refractivity contribution in [3.63, 3.8) is 0 Å². The van der Waals surface area contributed by atoms with Gasteiger partial charge in [0.15, 0.2) is 5.69 Å². The first-order chi connectivity index (χ1) is 9.22. The van der Waals surface area contributed by atoms with Gasteiger partial charge in [-0.15, -0.1) is 11.3 Å². The van der Waals surface area contributed by atoms with Crippen LogP contribution in [-0.2, 0) is 4.74 Å². The molecule has 3 nitrogen and oxygen atoms in total. The number of hydrogen-bond donors (Lipinski definition) is 0. The fourth-order valence-electron chi connectivity index (χ4n) is 1.64. The summed E-state index contributed by atoms with van der Waals surface area (Å²) in [6, 6.07) is 6.05. The number of benzene rings is 1. The summed E-state index contributed by atoms with van der Waals surface area (Å²) >= 11 is 1.35. The molecule has 0 saturated heterocycles. The normalized spacial score (nSPS) is 14.4. The zero-order chi connectivity index (χ0) is 13.2. The highest BCUT2D eigenvalue weighted by Crippen LogP contribution is 2.29. The van der Waals surface area contributed by atoms with Crippen LogP contribution in [0.5, 0.6) is 0 Å². The van der Waals surface area contributed by atoms with E-state index >= 15 is 0 Å². The predicted molar refractivity (Wildman–Crippen MR) is 70.5 cm³/mol. The SMILES string of the molecule is O=C(OCC1CC1)c1csc(-c2ccc(F)cc2)n1. The van der Waals surface area contributed by atoms with E-state index in [1.54, 1.807) is 17.5 Å². The molecule has 1 saturated carbocycles. The van der Waals surface area contributed by atoms with E-state index in [2.05, 4.69) is 4.98 Å². The molecule has 1 aromatic carbocycles. The van der Waals surface area contributed by atoms with Crippen LogP contribution in [0.1, 0.15) is 23.3 Å². The van der Waals surface area contributed by atoms with Gasteiger partial charge in [0.05, 0.1) is 6.61 Å². The molecule has 1 aliphatic carbocycles. The van der Waals surface area contributed by atoms with Gasteiger partial charge in [-0.05, 0) is 43.0 Å². The zero-order valence-electron chi connectivity index (χ0n) is 10.1. The Labute approximate surface area is 114 Å². The molecule has 0 unspecified atom stereocenters. The van der Waals surface area contributed by atoms with Crippen LogP contribution in [0, 0.1) is 11.7 Å². The number of ether oxygens (including phenoxy) is 1. The summed E-state index contributed by atoms with van der Waals surface area (Å²) in [5.74, 6) is -0.125.